The Kier molecular flexibility index (Phi) is 4.23. The summed E-state index contributed by atoms with van der Waals surface area (Å²) in [5, 5.41) is 4.36. The van der Waals surface area contributed by atoms with Crippen LogP contribution >= 0.6 is 0 Å². The lowest BCUT2D eigenvalue weighted by molar-refractivity contribution is 0.112. The van der Waals surface area contributed by atoms with E-state index in [0.29, 0.717) is 17.2 Å². The maximum atomic E-state index is 11.2. The number of rotatable bonds is 5. The maximum absolute atomic E-state index is 11.2. The summed E-state index contributed by atoms with van der Waals surface area (Å²) < 4.78 is 7.19. The summed E-state index contributed by atoms with van der Waals surface area (Å²) >= 11 is 0. The van der Waals surface area contributed by atoms with E-state index in [2.05, 4.69) is 18.9 Å². The van der Waals surface area contributed by atoms with Gasteiger partial charge in [-0.2, -0.15) is 5.10 Å². The van der Waals surface area contributed by atoms with Crippen LogP contribution in [0, 0.1) is 12.8 Å². The van der Waals surface area contributed by atoms with Gasteiger partial charge in [0.05, 0.1) is 18.9 Å². The average Bonchev–Trinajstić information content (AvgIpc) is 2.85. The molecule has 1 aromatic heterocycles. The zero-order valence-electron chi connectivity index (χ0n) is 12.4. The van der Waals surface area contributed by atoms with Gasteiger partial charge in [0.25, 0.3) is 0 Å². The van der Waals surface area contributed by atoms with Crippen LogP contribution < -0.4 is 4.74 Å². The van der Waals surface area contributed by atoms with Gasteiger partial charge in [0.15, 0.2) is 6.29 Å². The van der Waals surface area contributed by atoms with Crippen molar-refractivity contribution in [2.75, 3.05) is 7.11 Å². The van der Waals surface area contributed by atoms with Crippen LogP contribution in [0.2, 0.25) is 0 Å². The molecule has 0 aliphatic heterocycles. The smallest absolute Gasteiger partial charge is 0.153 e. The molecule has 0 bridgehead atoms. The van der Waals surface area contributed by atoms with Gasteiger partial charge in [-0.3, -0.25) is 9.48 Å². The summed E-state index contributed by atoms with van der Waals surface area (Å²) in [6, 6.07) is 3.86. The van der Waals surface area contributed by atoms with Crippen LogP contribution in [-0.4, -0.2) is 23.2 Å². The molecule has 0 atom stereocenters. The van der Waals surface area contributed by atoms with Crippen LogP contribution in [0.4, 0.5) is 0 Å². The first-order valence-corrected chi connectivity index (χ1v) is 6.71. The molecule has 2 aromatic rings. The van der Waals surface area contributed by atoms with Crippen molar-refractivity contribution < 1.29 is 9.53 Å². The van der Waals surface area contributed by atoms with Gasteiger partial charge in [-0.25, -0.2) is 0 Å². The van der Waals surface area contributed by atoms with E-state index in [1.54, 1.807) is 7.11 Å². The number of ether oxygens (including phenoxy) is 1. The normalized spacial score (nSPS) is 10.8. The molecule has 4 heteroatoms. The lowest BCUT2D eigenvalue weighted by Crippen LogP contribution is -2.04. The van der Waals surface area contributed by atoms with Gasteiger partial charge in [-0.05, 0) is 36.1 Å². The van der Waals surface area contributed by atoms with Crippen molar-refractivity contribution in [1.29, 1.82) is 0 Å². The molecule has 0 N–H and O–H groups in total. The van der Waals surface area contributed by atoms with Crippen LogP contribution in [0.15, 0.2) is 24.5 Å². The molecule has 20 heavy (non-hydrogen) atoms. The second-order valence-electron chi connectivity index (χ2n) is 5.38. The number of hydrogen-bond acceptors (Lipinski definition) is 3. The first-order chi connectivity index (χ1) is 9.55. The van der Waals surface area contributed by atoms with Gasteiger partial charge >= 0.3 is 0 Å². The summed E-state index contributed by atoms with van der Waals surface area (Å²) in [6.07, 6.45) is 4.67. The Morgan fingerprint density at radius 1 is 1.35 bits per heavy atom. The van der Waals surface area contributed by atoms with Crippen LogP contribution in [-0.2, 0) is 6.54 Å². The molecule has 0 radical (unpaired) electrons. The second kappa shape index (κ2) is 5.90. The molecule has 106 valence electrons. The predicted octanol–water partition coefficient (Wildman–Crippen LogP) is 3.34. The first kappa shape index (κ1) is 14.3. The number of hydrogen-bond donors (Lipinski definition) is 0. The highest BCUT2D eigenvalue weighted by atomic mass is 16.5. The number of aryl methyl sites for hydroxylation is 1. The zero-order chi connectivity index (χ0) is 14.7. The Morgan fingerprint density at radius 3 is 2.70 bits per heavy atom. The number of aromatic nitrogens is 2. The summed E-state index contributed by atoms with van der Waals surface area (Å²) in [6.45, 7) is 7.14. The average molecular weight is 272 g/mol. The zero-order valence-corrected chi connectivity index (χ0v) is 12.4. The minimum absolute atomic E-state index is 0.547. The van der Waals surface area contributed by atoms with E-state index < -0.39 is 0 Å². The van der Waals surface area contributed by atoms with E-state index in [1.807, 2.05) is 36.1 Å². The Labute approximate surface area is 119 Å². The standard InChI is InChI=1S/C16H20N2O2/c1-11(2)8-18-9-15(7-17-18)13-5-12(3)16(20-4)14(6-13)10-19/h5-7,9-11H,8H2,1-4H3. The Morgan fingerprint density at radius 2 is 2.10 bits per heavy atom. The van der Waals surface area contributed by atoms with Crippen LogP contribution in [0.25, 0.3) is 11.1 Å². The minimum atomic E-state index is 0.547. The van der Waals surface area contributed by atoms with E-state index in [9.17, 15) is 4.79 Å². The van der Waals surface area contributed by atoms with Crippen molar-refractivity contribution in [3.63, 3.8) is 0 Å². The number of benzene rings is 1. The van der Waals surface area contributed by atoms with Crippen LogP contribution in [0.3, 0.4) is 0 Å². The molecular formula is C16H20N2O2. The van der Waals surface area contributed by atoms with Crippen molar-refractivity contribution in [2.24, 2.45) is 5.92 Å². The summed E-state index contributed by atoms with van der Waals surface area (Å²) in [4.78, 5) is 11.2. The Bertz CT molecular complexity index is 615. The second-order valence-corrected chi connectivity index (χ2v) is 5.38. The van der Waals surface area contributed by atoms with Crippen LogP contribution in [0.1, 0.15) is 29.8 Å². The molecule has 0 saturated heterocycles. The van der Waals surface area contributed by atoms with E-state index in [4.69, 9.17) is 4.74 Å². The number of aldehydes is 1. The quantitative estimate of drug-likeness (QED) is 0.784. The van der Waals surface area contributed by atoms with Gasteiger partial charge < -0.3 is 4.74 Å². The Balaban J connectivity index is 2.40. The molecule has 0 saturated carbocycles. The number of methoxy groups -OCH3 is 1. The lowest BCUT2D eigenvalue weighted by Gasteiger charge is -2.09. The van der Waals surface area contributed by atoms with Gasteiger partial charge in [0, 0.05) is 18.3 Å². The summed E-state index contributed by atoms with van der Waals surface area (Å²) in [5.74, 6) is 1.18. The van der Waals surface area contributed by atoms with Gasteiger partial charge in [-0.15, -0.1) is 0 Å². The third-order valence-corrected chi connectivity index (χ3v) is 3.15. The molecule has 0 spiro atoms. The van der Waals surface area contributed by atoms with E-state index in [-0.39, 0.29) is 0 Å². The molecule has 1 aromatic carbocycles. The fourth-order valence-electron chi connectivity index (χ4n) is 2.32. The molecule has 0 aliphatic rings. The number of nitrogens with zero attached hydrogens (tertiary/aromatic N) is 2. The topological polar surface area (TPSA) is 44.1 Å². The monoisotopic (exact) mass is 272 g/mol. The first-order valence-electron chi connectivity index (χ1n) is 6.71. The van der Waals surface area contributed by atoms with Crippen molar-refractivity contribution in [3.8, 4) is 16.9 Å². The molecule has 0 unspecified atom stereocenters. The summed E-state index contributed by atoms with van der Waals surface area (Å²) in [7, 11) is 1.58. The molecule has 4 nitrogen and oxygen atoms in total. The number of carbonyl (C=O) groups excluding carboxylic acids is 1. The van der Waals surface area contributed by atoms with Crippen molar-refractivity contribution >= 4 is 6.29 Å². The third kappa shape index (κ3) is 2.90. The van der Waals surface area contributed by atoms with Gasteiger partial charge in [0.2, 0.25) is 0 Å². The predicted molar refractivity (Wildman–Crippen MR) is 79.2 cm³/mol. The molecular weight excluding hydrogens is 252 g/mol. The number of carbonyl (C=O) groups is 1. The van der Waals surface area contributed by atoms with Gasteiger partial charge in [-0.1, -0.05) is 13.8 Å². The minimum Gasteiger partial charge on any atom is -0.496 e. The van der Waals surface area contributed by atoms with Crippen molar-refractivity contribution in [3.05, 3.63) is 35.7 Å². The highest BCUT2D eigenvalue weighted by Crippen LogP contribution is 2.29. The maximum Gasteiger partial charge on any atom is 0.153 e. The third-order valence-electron chi connectivity index (χ3n) is 3.15. The lowest BCUT2D eigenvalue weighted by atomic mass is 10.0. The molecule has 0 amide bonds. The van der Waals surface area contributed by atoms with E-state index in [0.717, 1.165) is 29.5 Å². The molecule has 2 rings (SSSR count). The fraction of sp³-hybridized carbons (Fsp3) is 0.375. The highest BCUT2D eigenvalue weighted by Gasteiger charge is 2.11. The SMILES string of the molecule is COc1c(C)cc(-c2cnn(CC(C)C)c2)cc1C=O. The molecule has 1 heterocycles. The van der Waals surface area contributed by atoms with Gasteiger partial charge in [0.1, 0.15) is 5.75 Å². The van der Waals surface area contributed by atoms with E-state index in [1.165, 1.54) is 0 Å². The largest absolute Gasteiger partial charge is 0.496 e. The van der Waals surface area contributed by atoms with E-state index >= 15 is 0 Å². The molecule has 0 fully saturated rings. The Hall–Kier alpha value is -2.10. The highest BCUT2D eigenvalue weighted by molar-refractivity contribution is 5.84. The van der Waals surface area contributed by atoms with Crippen LogP contribution in [0.5, 0.6) is 5.75 Å². The summed E-state index contributed by atoms with van der Waals surface area (Å²) in [5.41, 5.74) is 3.52. The fourth-order valence-corrected chi connectivity index (χ4v) is 2.32. The van der Waals surface area contributed by atoms with Crippen molar-refractivity contribution in [2.45, 2.75) is 27.3 Å². The molecule has 0 aliphatic carbocycles. The van der Waals surface area contributed by atoms with Crippen molar-refractivity contribution in [1.82, 2.24) is 9.78 Å².